The van der Waals surface area contributed by atoms with Crippen LogP contribution >= 0.6 is 0 Å². The van der Waals surface area contributed by atoms with E-state index >= 15 is 0 Å². The molecular weight excluding hydrogens is 372 g/mol. The van der Waals surface area contributed by atoms with Gasteiger partial charge in [-0.2, -0.15) is 0 Å². The van der Waals surface area contributed by atoms with Crippen LogP contribution in [0.1, 0.15) is 15.9 Å². The number of amides is 1. The fourth-order valence-electron chi connectivity index (χ4n) is 3.22. The first-order valence-electron chi connectivity index (χ1n) is 8.88. The number of ether oxygens (including phenoxy) is 2. The molecule has 0 radical (unpaired) electrons. The molecule has 29 heavy (non-hydrogen) atoms. The maximum Gasteiger partial charge on any atom is 0.346 e. The number of anilines is 1. The summed E-state index contributed by atoms with van der Waals surface area (Å²) in [5.74, 6) is 0.958. The summed E-state index contributed by atoms with van der Waals surface area (Å²) in [6.45, 7) is 1.78. The number of fused-ring (bicyclic) bond motifs is 3. The van der Waals surface area contributed by atoms with E-state index in [1.807, 2.05) is 12.1 Å². The fraction of sp³-hybridized carbons (Fsp3) is 0.136. The highest BCUT2D eigenvalue weighted by molar-refractivity contribution is 6.07. The second-order valence-corrected chi connectivity index (χ2v) is 6.49. The maximum atomic E-state index is 12.8. The number of benzene rings is 2. The molecule has 2 aromatic carbocycles. The van der Waals surface area contributed by atoms with Gasteiger partial charge in [0.25, 0.3) is 5.91 Å². The van der Waals surface area contributed by atoms with Gasteiger partial charge in [-0.3, -0.25) is 4.79 Å². The van der Waals surface area contributed by atoms with Gasteiger partial charge in [-0.1, -0.05) is 12.1 Å². The van der Waals surface area contributed by atoms with Crippen LogP contribution in [0.4, 0.5) is 5.82 Å². The van der Waals surface area contributed by atoms with Crippen LogP contribution in [0.5, 0.6) is 11.5 Å². The van der Waals surface area contributed by atoms with E-state index in [1.165, 1.54) is 14.2 Å². The van der Waals surface area contributed by atoms with Gasteiger partial charge in [-0.15, -0.1) is 0 Å². The Kier molecular flexibility index (Phi) is 4.64. The summed E-state index contributed by atoms with van der Waals surface area (Å²) in [4.78, 5) is 29.7. The third kappa shape index (κ3) is 3.38. The Hall–Kier alpha value is -3.87. The van der Waals surface area contributed by atoms with E-state index in [4.69, 9.17) is 13.9 Å². The van der Waals surface area contributed by atoms with Crippen molar-refractivity contribution in [2.24, 2.45) is 0 Å². The summed E-state index contributed by atoms with van der Waals surface area (Å²) in [6, 6.07) is 13.7. The number of carbonyl (C=O) groups is 1. The van der Waals surface area contributed by atoms with E-state index in [9.17, 15) is 9.59 Å². The Morgan fingerprint density at radius 3 is 2.41 bits per heavy atom. The normalized spacial score (nSPS) is 10.9. The van der Waals surface area contributed by atoms with E-state index in [-0.39, 0.29) is 5.91 Å². The summed E-state index contributed by atoms with van der Waals surface area (Å²) in [5.41, 5.74) is 1.48. The van der Waals surface area contributed by atoms with Crippen LogP contribution in [-0.2, 0) is 0 Å². The van der Waals surface area contributed by atoms with Crippen LogP contribution in [0, 0.1) is 6.92 Å². The van der Waals surface area contributed by atoms with Crippen molar-refractivity contribution >= 4 is 33.6 Å². The molecule has 0 unspecified atom stereocenters. The van der Waals surface area contributed by atoms with Crippen molar-refractivity contribution in [1.29, 1.82) is 0 Å². The molecule has 2 heterocycles. The van der Waals surface area contributed by atoms with Crippen LogP contribution < -0.4 is 20.4 Å². The fourth-order valence-corrected chi connectivity index (χ4v) is 3.22. The zero-order chi connectivity index (χ0) is 20.5. The SMILES string of the molecule is COc1cc(OC)cc(C(=O)Nc2cc(C)c3c(=O)oc4ccccc4c3n2)c1. The number of carbonyl (C=O) groups excluding carboxylic acids is 1. The minimum atomic E-state index is -0.459. The molecule has 0 saturated carbocycles. The predicted octanol–water partition coefficient (Wildman–Crippen LogP) is 3.92. The molecule has 1 amide bonds. The number of pyridine rings is 1. The van der Waals surface area contributed by atoms with Crippen LogP contribution in [0.2, 0.25) is 0 Å². The predicted molar refractivity (Wildman–Crippen MR) is 110 cm³/mol. The van der Waals surface area contributed by atoms with E-state index in [2.05, 4.69) is 10.3 Å². The number of hydrogen-bond acceptors (Lipinski definition) is 6. The summed E-state index contributed by atoms with van der Waals surface area (Å²) >= 11 is 0. The number of nitrogens with zero attached hydrogens (tertiary/aromatic N) is 1. The molecular formula is C22H18N2O5. The van der Waals surface area contributed by atoms with Gasteiger partial charge in [-0.25, -0.2) is 9.78 Å². The number of rotatable bonds is 4. The highest BCUT2D eigenvalue weighted by Gasteiger charge is 2.15. The number of nitrogens with one attached hydrogen (secondary N) is 1. The number of aromatic nitrogens is 1. The number of aryl methyl sites for hydroxylation is 1. The molecule has 0 aliphatic carbocycles. The van der Waals surface area contributed by atoms with Crippen LogP contribution in [0.25, 0.3) is 21.9 Å². The second kappa shape index (κ2) is 7.27. The Balaban J connectivity index is 1.80. The molecule has 0 spiro atoms. The van der Waals surface area contributed by atoms with Gasteiger partial charge >= 0.3 is 5.63 Å². The summed E-state index contributed by atoms with van der Waals surface area (Å²) < 4.78 is 15.8. The molecule has 2 aromatic heterocycles. The molecule has 0 aliphatic heterocycles. The Morgan fingerprint density at radius 1 is 1.03 bits per heavy atom. The van der Waals surface area contributed by atoms with Gasteiger partial charge in [0.15, 0.2) is 0 Å². The quantitative estimate of drug-likeness (QED) is 0.420. The third-order valence-electron chi connectivity index (χ3n) is 4.62. The first-order chi connectivity index (χ1) is 14.0. The summed E-state index contributed by atoms with van der Waals surface area (Å²) in [5, 5.41) is 3.88. The smallest absolute Gasteiger partial charge is 0.346 e. The zero-order valence-corrected chi connectivity index (χ0v) is 16.1. The highest BCUT2D eigenvalue weighted by atomic mass is 16.5. The molecule has 7 heteroatoms. The molecule has 0 saturated heterocycles. The van der Waals surface area contributed by atoms with Gasteiger partial charge in [-0.05, 0) is 42.8 Å². The van der Waals surface area contributed by atoms with E-state index in [0.29, 0.717) is 50.3 Å². The van der Waals surface area contributed by atoms with Crippen molar-refractivity contribution in [2.75, 3.05) is 19.5 Å². The van der Waals surface area contributed by atoms with Crippen molar-refractivity contribution in [3.8, 4) is 11.5 Å². The van der Waals surface area contributed by atoms with Crippen molar-refractivity contribution < 1.29 is 18.7 Å². The van der Waals surface area contributed by atoms with Crippen molar-refractivity contribution in [1.82, 2.24) is 4.98 Å². The lowest BCUT2D eigenvalue weighted by Crippen LogP contribution is -2.14. The van der Waals surface area contributed by atoms with Gasteiger partial charge in [0.05, 0.1) is 25.1 Å². The lowest BCUT2D eigenvalue weighted by molar-refractivity contribution is 0.102. The Bertz CT molecular complexity index is 1290. The average molecular weight is 390 g/mol. The van der Waals surface area contributed by atoms with Crippen molar-refractivity contribution in [3.05, 3.63) is 70.1 Å². The summed E-state index contributed by atoms with van der Waals surface area (Å²) in [7, 11) is 3.03. The largest absolute Gasteiger partial charge is 0.497 e. The molecule has 146 valence electrons. The summed E-state index contributed by atoms with van der Waals surface area (Å²) in [6.07, 6.45) is 0. The van der Waals surface area contributed by atoms with Gasteiger partial charge in [0, 0.05) is 17.0 Å². The highest BCUT2D eigenvalue weighted by Crippen LogP contribution is 2.26. The van der Waals surface area contributed by atoms with Crippen molar-refractivity contribution in [2.45, 2.75) is 6.92 Å². The number of methoxy groups -OCH3 is 2. The molecule has 7 nitrogen and oxygen atoms in total. The molecule has 4 rings (SSSR count). The molecule has 1 N–H and O–H groups in total. The standard InChI is InChI=1S/C22H18N2O5/c1-12-8-18(24-21(25)13-9-14(27-2)11-15(10-13)28-3)23-20-16-6-4-5-7-17(16)29-22(26)19(12)20/h4-11H,1-3H3,(H,23,24,25). The van der Waals surface area contributed by atoms with Crippen LogP contribution in [-0.4, -0.2) is 25.1 Å². The average Bonchev–Trinajstić information content (AvgIpc) is 2.73. The second-order valence-electron chi connectivity index (χ2n) is 6.49. The van der Waals surface area contributed by atoms with Crippen molar-refractivity contribution in [3.63, 3.8) is 0 Å². The molecule has 0 atom stereocenters. The number of hydrogen-bond donors (Lipinski definition) is 1. The van der Waals surface area contributed by atoms with E-state index < -0.39 is 5.63 Å². The van der Waals surface area contributed by atoms with Crippen LogP contribution in [0.15, 0.2) is 57.7 Å². The first kappa shape index (κ1) is 18.5. The lowest BCUT2D eigenvalue weighted by Gasteiger charge is -2.11. The van der Waals surface area contributed by atoms with E-state index in [1.54, 1.807) is 43.3 Å². The Labute approximate surface area is 165 Å². The van der Waals surface area contributed by atoms with Gasteiger partial charge < -0.3 is 19.2 Å². The van der Waals surface area contributed by atoms with Crippen LogP contribution in [0.3, 0.4) is 0 Å². The zero-order valence-electron chi connectivity index (χ0n) is 16.1. The van der Waals surface area contributed by atoms with Gasteiger partial charge in [0.1, 0.15) is 22.9 Å². The monoisotopic (exact) mass is 390 g/mol. The molecule has 0 fully saturated rings. The first-order valence-corrected chi connectivity index (χ1v) is 8.88. The molecule has 0 aliphatic rings. The third-order valence-corrected chi connectivity index (χ3v) is 4.62. The Morgan fingerprint density at radius 2 is 1.72 bits per heavy atom. The lowest BCUT2D eigenvalue weighted by atomic mass is 10.1. The van der Waals surface area contributed by atoms with Gasteiger partial charge in [0.2, 0.25) is 0 Å². The topological polar surface area (TPSA) is 90.7 Å². The number of para-hydroxylation sites is 1. The molecule has 0 bridgehead atoms. The molecule has 4 aromatic rings. The minimum Gasteiger partial charge on any atom is -0.497 e. The van der Waals surface area contributed by atoms with E-state index in [0.717, 1.165) is 0 Å². The minimum absolute atomic E-state index is 0.331. The maximum absolute atomic E-state index is 12.8.